The molecule has 0 fully saturated rings. The van der Waals surface area contributed by atoms with Crippen molar-refractivity contribution in [3.05, 3.63) is 72.1 Å². The van der Waals surface area contributed by atoms with Crippen LogP contribution in [-0.2, 0) is 19.6 Å². The first kappa shape index (κ1) is 24.1. The number of unbranched alkanes of at least 4 members (excludes halogenated alkanes) is 1. The Labute approximate surface area is 194 Å². The molecule has 2 aromatic carbocycles. The summed E-state index contributed by atoms with van der Waals surface area (Å²) in [7, 11) is 4.18. The van der Waals surface area contributed by atoms with Crippen molar-refractivity contribution in [2.75, 3.05) is 25.5 Å². The number of hydrogen-bond acceptors (Lipinski definition) is 3. The Morgan fingerprint density at radius 1 is 0.938 bits per heavy atom. The Kier molecular flexibility index (Phi) is 8.92. The van der Waals surface area contributed by atoms with Gasteiger partial charge in [0.25, 0.3) is 0 Å². The molecule has 0 amide bonds. The normalized spacial score (nSPS) is 11.5. The highest BCUT2D eigenvalue weighted by Crippen LogP contribution is 2.23. The molecule has 32 heavy (non-hydrogen) atoms. The lowest BCUT2D eigenvalue weighted by Crippen LogP contribution is -2.26. The van der Waals surface area contributed by atoms with Crippen molar-refractivity contribution in [2.24, 2.45) is 5.92 Å². The van der Waals surface area contributed by atoms with Crippen molar-refractivity contribution in [1.82, 2.24) is 14.5 Å². The third kappa shape index (κ3) is 6.70. The van der Waals surface area contributed by atoms with Gasteiger partial charge in [-0.25, -0.2) is 4.98 Å². The summed E-state index contributed by atoms with van der Waals surface area (Å²) in [4.78, 5) is 9.59. The Bertz CT molecular complexity index is 926. The van der Waals surface area contributed by atoms with Gasteiger partial charge in [-0.2, -0.15) is 0 Å². The second-order valence-corrected chi connectivity index (χ2v) is 9.40. The molecule has 0 aliphatic heterocycles. The fourth-order valence-electron chi connectivity index (χ4n) is 3.96. The minimum Gasteiger partial charge on any atom is -0.378 e. The molecule has 0 radical (unpaired) electrons. The van der Waals surface area contributed by atoms with Crippen LogP contribution in [0.1, 0.15) is 51.3 Å². The Balaban J connectivity index is 1.83. The van der Waals surface area contributed by atoms with Crippen LogP contribution in [-0.4, -0.2) is 35.1 Å². The zero-order valence-electron chi connectivity index (χ0n) is 20.6. The molecule has 0 spiro atoms. The summed E-state index contributed by atoms with van der Waals surface area (Å²) in [6.07, 6.45) is 5.64. The standard InChI is InChI=1S/C28H40N4/c1-6-7-18-32-27(20-29-28(32)25-11-9-8-10-12-25)22-31(19-17-23(2)3)21-24-13-15-26(16-14-24)30(4)5/h8-16,20,23H,6-7,17-19,21-22H2,1-5H3. The largest absolute Gasteiger partial charge is 0.378 e. The molecule has 172 valence electrons. The van der Waals surface area contributed by atoms with Crippen LogP contribution in [0.15, 0.2) is 60.8 Å². The molecular weight excluding hydrogens is 392 g/mol. The summed E-state index contributed by atoms with van der Waals surface area (Å²) in [6.45, 7) is 10.9. The molecule has 0 bridgehead atoms. The highest BCUT2D eigenvalue weighted by molar-refractivity contribution is 5.55. The van der Waals surface area contributed by atoms with Gasteiger partial charge in [-0.05, 0) is 43.0 Å². The molecule has 1 heterocycles. The second-order valence-electron chi connectivity index (χ2n) is 9.40. The number of aromatic nitrogens is 2. The number of anilines is 1. The van der Waals surface area contributed by atoms with E-state index < -0.39 is 0 Å². The fourth-order valence-corrected chi connectivity index (χ4v) is 3.96. The van der Waals surface area contributed by atoms with Crippen molar-refractivity contribution < 1.29 is 0 Å². The Morgan fingerprint density at radius 3 is 2.28 bits per heavy atom. The molecule has 0 saturated heterocycles. The molecule has 0 saturated carbocycles. The Morgan fingerprint density at radius 2 is 1.66 bits per heavy atom. The smallest absolute Gasteiger partial charge is 0.140 e. The van der Waals surface area contributed by atoms with Gasteiger partial charge in [0.1, 0.15) is 5.82 Å². The maximum Gasteiger partial charge on any atom is 0.140 e. The minimum atomic E-state index is 0.693. The van der Waals surface area contributed by atoms with Gasteiger partial charge in [0.2, 0.25) is 0 Å². The molecule has 3 aromatic rings. The summed E-state index contributed by atoms with van der Waals surface area (Å²) in [5.74, 6) is 1.78. The van der Waals surface area contributed by atoms with Crippen LogP contribution in [0, 0.1) is 5.92 Å². The number of imidazole rings is 1. The molecule has 0 aliphatic rings. The van der Waals surface area contributed by atoms with E-state index in [1.54, 1.807) is 0 Å². The van der Waals surface area contributed by atoms with Gasteiger partial charge in [0.05, 0.1) is 11.9 Å². The molecule has 3 rings (SSSR count). The average molecular weight is 433 g/mol. The van der Waals surface area contributed by atoms with Gasteiger partial charge in [-0.3, -0.25) is 4.90 Å². The summed E-state index contributed by atoms with van der Waals surface area (Å²) in [5, 5.41) is 0. The van der Waals surface area contributed by atoms with E-state index in [-0.39, 0.29) is 0 Å². The summed E-state index contributed by atoms with van der Waals surface area (Å²) in [6, 6.07) is 19.6. The van der Waals surface area contributed by atoms with Gasteiger partial charge in [0.15, 0.2) is 0 Å². The molecular formula is C28H40N4. The van der Waals surface area contributed by atoms with Crippen LogP contribution < -0.4 is 4.90 Å². The fraction of sp³-hybridized carbons (Fsp3) is 0.464. The average Bonchev–Trinajstić information content (AvgIpc) is 3.19. The van der Waals surface area contributed by atoms with Gasteiger partial charge in [0, 0.05) is 45.0 Å². The highest BCUT2D eigenvalue weighted by atomic mass is 15.2. The molecule has 0 atom stereocenters. The second kappa shape index (κ2) is 11.9. The van der Waals surface area contributed by atoms with Crippen LogP contribution in [0.5, 0.6) is 0 Å². The quantitative estimate of drug-likeness (QED) is 0.328. The maximum atomic E-state index is 4.86. The van der Waals surface area contributed by atoms with Crippen molar-refractivity contribution in [2.45, 2.75) is 59.7 Å². The van der Waals surface area contributed by atoms with Crippen molar-refractivity contribution in [1.29, 1.82) is 0 Å². The number of hydrogen-bond donors (Lipinski definition) is 0. The highest BCUT2D eigenvalue weighted by Gasteiger charge is 2.16. The van der Waals surface area contributed by atoms with Crippen LogP contribution in [0.4, 0.5) is 5.69 Å². The topological polar surface area (TPSA) is 24.3 Å². The van der Waals surface area contributed by atoms with Gasteiger partial charge in [-0.15, -0.1) is 0 Å². The van der Waals surface area contributed by atoms with E-state index in [2.05, 4.69) is 110 Å². The predicted molar refractivity (Wildman–Crippen MR) is 137 cm³/mol. The third-order valence-corrected chi connectivity index (χ3v) is 5.97. The predicted octanol–water partition coefficient (Wildman–Crippen LogP) is 6.46. The van der Waals surface area contributed by atoms with Gasteiger partial charge in [-0.1, -0.05) is 69.7 Å². The summed E-state index contributed by atoms with van der Waals surface area (Å²) < 4.78 is 2.44. The number of nitrogens with zero attached hydrogens (tertiary/aromatic N) is 4. The zero-order chi connectivity index (χ0) is 22.9. The lowest BCUT2D eigenvalue weighted by molar-refractivity contribution is 0.235. The molecule has 0 aliphatic carbocycles. The van der Waals surface area contributed by atoms with Crippen LogP contribution >= 0.6 is 0 Å². The van der Waals surface area contributed by atoms with E-state index in [1.165, 1.54) is 41.8 Å². The monoisotopic (exact) mass is 432 g/mol. The third-order valence-electron chi connectivity index (χ3n) is 5.97. The molecule has 4 nitrogen and oxygen atoms in total. The lowest BCUT2D eigenvalue weighted by Gasteiger charge is -2.25. The SMILES string of the molecule is CCCCn1c(CN(CCC(C)C)Cc2ccc(N(C)C)cc2)cnc1-c1ccccc1. The van der Waals surface area contributed by atoms with Crippen molar-refractivity contribution in [3.8, 4) is 11.4 Å². The molecule has 1 aromatic heterocycles. The van der Waals surface area contributed by atoms with E-state index >= 15 is 0 Å². The summed E-state index contributed by atoms with van der Waals surface area (Å²) in [5.41, 5.74) is 5.11. The first-order chi connectivity index (χ1) is 15.5. The minimum absolute atomic E-state index is 0.693. The van der Waals surface area contributed by atoms with Crippen LogP contribution in [0.2, 0.25) is 0 Å². The molecule has 0 unspecified atom stereocenters. The van der Waals surface area contributed by atoms with E-state index in [9.17, 15) is 0 Å². The molecule has 0 N–H and O–H groups in total. The van der Waals surface area contributed by atoms with E-state index in [1.807, 2.05) is 0 Å². The lowest BCUT2D eigenvalue weighted by atomic mass is 10.1. The van der Waals surface area contributed by atoms with Crippen LogP contribution in [0.3, 0.4) is 0 Å². The number of rotatable bonds is 12. The van der Waals surface area contributed by atoms with E-state index in [0.717, 1.165) is 32.0 Å². The van der Waals surface area contributed by atoms with Crippen molar-refractivity contribution >= 4 is 5.69 Å². The maximum absolute atomic E-state index is 4.86. The van der Waals surface area contributed by atoms with Gasteiger partial charge < -0.3 is 9.47 Å². The first-order valence-electron chi connectivity index (χ1n) is 12.1. The van der Waals surface area contributed by atoms with E-state index in [4.69, 9.17) is 4.98 Å². The van der Waals surface area contributed by atoms with Gasteiger partial charge >= 0.3 is 0 Å². The number of benzene rings is 2. The molecule has 4 heteroatoms. The summed E-state index contributed by atoms with van der Waals surface area (Å²) >= 11 is 0. The first-order valence-corrected chi connectivity index (χ1v) is 12.1. The van der Waals surface area contributed by atoms with E-state index in [0.29, 0.717) is 5.92 Å². The Hall–Kier alpha value is -2.59. The van der Waals surface area contributed by atoms with Crippen LogP contribution in [0.25, 0.3) is 11.4 Å². The van der Waals surface area contributed by atoms with Crippen molar-refractivity contribution in [3.63, 3.8) is 0 Å². The zero-order valence-corrected chi connectivity index (χ0v) is 20.6.